The van der Waals surface area contributed by atoms with Crippen LogP contribution in [0.5, 0.6) is 0 Å². The summed E-state index contributed by atoms with van der Waals surface area (Å²) in [6.45, 7) is 0.897. The van der Waals surface area contributed by atoms with Gasteiger partial charge in [-0.25, -0.2) is 4.52 Å². The molecule has 0 fully saturated rings. The van der Waals surface area contributed by atoms with Gasteiger partial charge in [-0.1, -0.05) is 30.3 Å². The molecule has 0 amide bonds. The number of fused-ring (bicyclic) bond motifs is 2. The standard InChI is InChI=1S/C15H14N4/c1-2-6-13-11(5-1)9-12(13)10-16-15-17-14-7-3-4-8-19(14)18-15/h1-8,12H,9-10H2,(H,16,18). The summed E-state index contributed by atoms with van der Waals surface area (Å²) in [6.07, 6.45) is 3.06. The zero-order valence-corrected chi connectivity index (χ0v) is 10.5. The van der Waals surface area contributed by atoms with Gasteiger partial charge in [0.1, 0.15) is 0 Å². The van der Waals surface area contributed by atoms with E-state index in [-0.39, 0.29) is 0 Å². The third kappa shape index (κ3) is 1.76. The van der Waals surface area contributed by atoms with E-state index >= 15 is 0 Å². The Morgan fingerprint density at radius 3 is 2.95 bits per heavy atom. The van der Waals surface area contributed by atoms with Gasteiger partial charge in [0.25, 0.3) is 0 Å². The summed E-state index contributed by atoms with van der Waals surface area (Å²) >= 11 is 0. The van der Waals surface area contributed by atoms with Crippen LogP contribution in [0.3, 0.4) is 0 Å². The molecule has 1 aromatic carbocycles. The number of pyridine rings is 1. The molecule has 1 aliphatic rings. The third-order valence-electron chi connectivity index (χ3n) is 3.71. The highest BCUT2D eigenvalue weighted by molar-refractivity contribution is 5.45. The number of rotatable bonds is 3. The molecule has 0 saturated heterocycles. The number of nitrogens with zero attached hydrogens (tertiary/aromatic N) is 3. The fraction of sp³-hybridized carbons (Fsp3) is 0.200. The van der Waals surface area contributed by atoms with Gasteiger partial charge in [-0.05, 0) is 29.7 Å². The lowest BCUT2D eigenvalue weighted by Crippen LogP contribution is -2.24. The van der Waals surface area contributed by atoms with Crippen molar-refractivity contribution in [1.82, 2.24) is 14.6 Å². The first kappa shape index (κ1) is 10.6. The Bertz CT molecular complexity index is 699. The van der Waals surface area contributed by atoms with Gasteiger partial charge >= 0.3 is 0 Å². The van der Waals surface area contributed by atoms with E-state index in [2.05, 4.69) is 39.7 Å². The van der Waals surface area contributed by atoms with Crippen molar-refractivity contribution in [3.8, 4) is 0 Å². The second-order valence-corrected chi connectivity index (χ2v) is 4.92. The van der Waals surface area contributed by atoms with Crippen LogP contribution < -0.4 is 5.32 Å². The number of nitrogens with one attached hydrogen (secondary N) is 1. The zero-order valence-electron chi connectivity index (χ0n) is 10.5. The van der Waals surface area contributed by atoms with Gasteiger partial charge in [-0.3, -0.25) is 0 Å². The van der Waals surface area contributed by atoms with Gasteiger partial charge in [0.2, 0.25) is 5.95 Å². The Labute approximate surface area is 111 Å². The molecular formula is C15H14N4. The van der Waals surface area contributed by atoms with E-state index < -0.39 is 0 Å². The van der Waals surface area contributed by atoms with Crippen molar-refractivity contribution in [1.29, 1.82) is 0 Å². The number of hydrogen-bond donors (Lipinski definition) is 1. The minimum Gasteiger partial charge on any atom is -0.352 e. The first-order valence-corrected chi connectivity index (χ1v) is 6.53. The Balaban J connectivity index is 1.49. The van der Waals surface area contributed by atoms with E-state index in [0.29, 0.717) is 11.9 Å². The van der Waals surface area contributed by atoms with Gasteiger partial charge in [0.05, 0.1) is 0 Å². The van der Waals surface area contributed by atoms with E-state index in [9.17, 15) is 0 Å². The van der Waals surface area contributed by atoms with Crippen LogP contribution in [0.1, 0.15) is 17.0 Å². The monoisotopic (exact) mass is 250 g/mol. The topological polar surface area (TPSA) is 42.2 Å². The molecule has 4 rings (SSSR count). The maximum atomic E-state index is 4.44. The van der Waals surface area contributed by atoms with E-state index in [1.165, 1.54) is 11.1 Å². The lowest BCUT2D eigenvalue weighted by Gasteiger charge is -2.29. The molecule has 94 valence electrons. The van der Waals surface area contributed by atoms with Gasteiger partial charge in [-0.15, -0.1) is 5.10 Å². The van der Waals surface area contributed by atoms with Crippen LogP contribution in [0, 0.1) is 0 Å². The molecule has 19 heavy (non-hydrogen) atoms. The van der Waals surface area contributed by atoms with E-state index in [1.807, 2.05) is 24.4 Å². The van der Waals surface area contributed by atoms with E-state index in [0.717, 1.165) is 18.6 Å². The predicted octanol–water partition coefficient (Wildman–Crippen LogP) is 2.48. The smallest absolute Gasteiger partial charge is 0.243 e. The summed E-state index contributed by atoms with van der Waals surface area (Å²) < 4.78 is 1.79. The Morgan fingerprint density at radius 1 is 1.16 bits per heavy atom. The summed E-state index contributed by atoms with van der Waals surface area (Å²) in [5.74, 6) is 1.29. The Morgan fingerprint density at radius 2 is 2.05 bits per heavy atom. The molecule has 0 spiro atoms. The van der Waals surface area contributed by atoms with Crippen LogP contribution in [0.2, 0.25) is 0 Å². The summed E-state index contributed by atoms with van der Waals surface area (Å²) in [5.41, 5.74) is 3.80. The molecule has 1 aliphatic carbocycles. The van der Waals surface area contributed by atoms with Crippen LogP contribution in [0.15, 0.2) is 48.7 Å². The molecule has 1 atom stereocenters. The van der Waals surface area contributed by atoms with Crippen LogP contribution in [-0.4, -0.2) is 21.1 Å². The molecule has 2 heterocycles. The average molecular weight is 250 g/mol. The molecule has 4 nitrogen and oxygen atoms in total. The summed E-state index contributed by atoms with van der Waals surface area (Å²) in [7, 11) is 0. The number of benzene rings is 1. The molecule has 0 bridgehead atoms. The van der Waals surface area contributed by atoms with Gasteiger partial charge in [0.15, 0.2) is 5.65 Å². The number of aromatic nitrogens is 3. The molecule has 2 aromatic heterocycles. The molecule has 4 heteroatoms. The minimum atomic E-state index is 0.586. The van der Waals surface area contributed by atoms with Crippen molar-refractivity contribution in [3.63, 3.8) is 0 Å². The first-order valence-electron chi connectivity index (χ1n) is 6.53. The van der Waals surface area contributed by atoms with Crippen molar-refractivity contribution >= 4 is 11.6 Å². The fourth-order valence-corrected chi connectivity index (χ4v) is 2.67. The highest BCUT2D eigenvalue weighted by Crippen LogP contribution is 2.34. The maximum Gasteiger partial charge on any atom is 0.243 e. The predicted molar refractivity (Wildman–Crippen MR) is 74.4 cm³/mol. The normalized spacial score (nSPS) is 16.9. The van der Waals surface area contributed by atoms with Crippen molar-refractivity contribution < 1.29 is 0 Å². The molecule has 0 aliphatic heterocycles. The second kappa shape index (κ2) is 4.09. The molecule has 1 unspecified atom stereocenters. The second-order valence-electron chi connectivity index (χ2n) is 4.92. The quantitative estimate of drug-likeness (QED) is 0.776. The third-order valence-corrected chi connectivity index (χ3v) is 3.71. The van der Waals surface area contributed by atoms with Crippen molar-refractivity contribution in [2.75, 3.05) is 11.9 Å². The van der Waals surface area contributed by atoms with Crippen molar-refractivity contribution in [3.05, 3.63) is 59.8 Å². The molecule has 3 aromatic rings. The van der Waals surface area contributed by atoms with Gasteiger partial charge in [-0.2, -0.15) is 4.98 Å². The largest absolute Gasteiger partial charge is 0.352 e. The van der Waals surface area contributed by atoms with Gasteiger partial charge < -0.3 is 5.32 Å². The van der Waals surface area contributed by atoms with Crippen LogP contribution in [0.4, 0.5) is 5.95 Å². The van der Waals surface area contributed by atoms with Crippen molar-refractivity contribution in [2.45, 2.75) is 12.3 Å². The molecule has 0 radical (unpaired) electrons. The minimum absolute atomic E-state index is 0.586. The SMILES string of the molecule is c1ccc2c(c1)CC2CNc1nc2ccccn2n1. The highest BCUT2D eigenvalue weighted by atomic mass is 15.3. The van der Waals surface area contributed by atoms with Crippen LogP contribution in [0.25, 0.3) is 5.65 Å². The lowest BCUT2D eigenvalue weighted by atomic mass is 9.78. The average Bonchev–Trinajstić information content (AvgIpc) is 2.82. The summed E-state index contributed by atoms with van der Waals surface area (Å²) in [4.78, 5) is 4.44. The fourth-order valence-electron chi connectivity index (χ4n) is 2.67. The first-order chi connectivity index (χ1) is 9.40. The highest BCUT2D eigenvalue weighted by Gasteiger charge is 2.25. The zero-order chi connectivity index (χ0) is 12.7. The molecular weight excluding hydrogens is 236 g/mol. The van der Waals surface area contributed by atoms with E-state index in [1.54, 1.807) is 4.52 Å². The van der Waals surface area contributed by atoms with Gasteiger partial charge in [0, 0.05) is 18.7 Å². The van der Waals surface area contributed by atoms with Crippen LogP contribution in [-0.2, 0) is 6.42 Å². The lowest BCUT2D eigenvalue weighted by molar-refractivity contribution is 0.633. The molecule has 0 saturated carbocycles. The van der Waals surface area contributed by atoms with Crippen LogP contribution >= 0.6 is 0 Å². The summed E-state index contributed by atoms with van der Waals surface area (Å²) in [5, 5.41) is 7.73. The van der Waals surface area contributed by atoms with E-state index in [4.69, 9.17) is 0 Å². The Hall–Kier alpha value is -2.36. The maximum absolute atomic E-state index is 4.44. The Kier molecular flexibility index (Phi) is 2.27. The molecule has 1 N–H and O–H groups in total. The number of anilines is 1. The number of hydrogen-bond acceptors (Lipinski definition) is 3. The van der Waals surface area contributed by atoms with Crippen molar-refractivity contribution in [2.24, 2.45) is 0 Å². The summed E-state index contributed by atoms with van der Waals surface area (Å²) in [6, 6.07) is 14.5.